The van der Waals surface area contributed by atoms with Gasteiger partial charge in [0, 0.05) is 68.2 Å². The zero-order valence-electron chi connectivity index (χ0n) is 58.3. The van der Waals surface area contributed by atoms with Crippen molar-refractivity contribution in [2.75, 3.05) is 69.6 Å². The minimum Gasteiger partial charge on any atom is -0.399 e. The smallest absolute Gasteiger partial charge is 0.246 e. The minimum atomic E-state index is -1.67. The fraction of sp³-hybridized carbons (Fsp3) is 0.781. The predicted molar refractivity (Wildman–Crippen MR) is 342 cm³/mol. The van der Waals surface area contributed by atoms with Crippen LogP contribution in [-0.4, -0.2) is 264 Å². The van der Waals surface area contributed by atoms with Crippen LogP contribution in [0.2, 0.25) is 0 Å². The van der Waals surface area contributed by atoms with Crippen molar-refractivity contribution in [1.82, 2.24) is 55.1 Å². The Bertz CT molecular complexity index is 2530. The van der Waals surface area contributed by atoms with E-state index in [1.165, 1.54) is 94.8 Å². The summed E-state index contributed by atoms with van der Waals surface area (Å²) >= 11 is 0. The van der Waals surface area contributed by atoms with Gasteiger partial charge in [0.2, 0.25) is 65.0 Å². The number of amides is 11. The van der Waals surface area contributed by atoms with Crippen molar-refractivity contribution in [2.45, 2.75) is 227 Å². The third kappa shape index (κ3) is 20.7. The van der Waals surface area contributed by atoms with Gasteiger partial charge in [-0.15, -0.1) is 0 Å². The average Bonchev–Trinajstić information content (AvgIpc) is 1.92. The lowest BCUT2D eigenvalue weighted by molar-refractivity contribution is -0.161. The number of fused-ring (bicyclic) bond motifs is 3. The highest BCUT2D eigenvalue weighted by molar-refractivity contribution is 6.00. The van der Waals surface area contributed by atoms with Crippen LogP contribution < -0.4 is 16.0 Å². The molecule has 512 valence electrons. The van der Waals surface area contributed by atoms with Crippen LogP contribution in [0.4, 0.5) is 0 Å². The highest BCUT2D eigenvalue weighted by Gasteiger charge is 2.48. The second-order valence-electron chi connectivity index (χ2n) is 26.2. The summed E-state index contributed by atoms with van der Waals surface area (Å²) in [7, 11) is 11.1. The summed E-state index contributed by atoms with van der Waals surface area (Å²) in [5.41, 5.74) is 0. The van der Waals surface area contributed by atoms with Gasteiger partial charge < -0.3 is 69.8 Å². The van der Waals surface area contributed by atoms with Crippen LogP contribution in [0.3, 0.4) is 0 Å². The Labute approximate surface area is 535 Å². The van der Waals surface area contributed by atoms with E-state index in [2.05, 4.69) is 21.1 Å². The normalized spacial score (nSPS) is 27.8. The Morgan fingerprint density at radius 3 is 1.70 bits per heavy atom. The Morgan fingerprint density at radius 1 is 0.611 bits per heavy atom. The number of carbonyl (C=O) groups excluding carboxylic acids is 11. The van der Waals surface area contributed by atoms with Crippen LogP contribution in [0.1, 0.15) is 149 Å². The van der Waals surface area contributed by atoms with Crippen LogP contribution in [0.5, 0.6) is 0 Å². The van der Waals surface area contributed by atoms with E-state index < -0.39 is 168 Å². The number of allylic oxidation sites excluding steroid dienone is 2. The van der Waals surface area contributed by atoms with Gasteiger partial charge in [-0.1, -0.05) is 86.5 Å². The Morgan fingerprint density at radius 2 is 1.17 bits per heavy atom. The van der Waals surface area contributed by atoms with Crippen LogP contribution in [0, 0.1) is 29.6 Å². The fourth-order valence-corrected chi connectivity index (χ4v) is 11.8. The molecule has 0 saturated carbocycles. The zero-order valence-corrected chi connectivity index (χ0v) is 58.3. The van der Waals surface area contributed by atoms with Crippen molar-refractivity contribution in [3.05, 3.63) is 12.2 Å². The highest BCUT2D eigenvalue weighted by atomic mass is 16.6. The molecule has 0 spiro atoms. The molecule has 2 aliphatic rings. The molecule has 0 aromatic rings. The summed E-state index contributed by atoms with van der Waals surface area (Å²) in [6.45, 7) is 25.0. The molecular formula is C64H112N12O14. The summed E-state index contributed by atoms with van der Waals surface area (Å²) in [4.78, 5) is 179. The second-order valence-corrected chi connectivity index (χ2v) is 26.2. The molecule has 2 bridgehead atoms. The molecule has 0 aromatic carbocycles. The van der Waals surface area contributed by atoms with E-state index in [0.717, 1.165) is 14.7 Å². The standard InChI is InChI=1S/C64H112N12O14/c1-24-26-29-40(11)54(78)53-57(81)67-45(25-2)60(84)69(16)35-49(77)73(20)52(44(15)90-31-28-27-30-65-89-23)56(80)68-50(38(7)8)63(87)70(17)46(32-36(3)4)55(79)66-42(13)58(82)76-41(12)34-48(62(86)74(21)51(39(9)10)64(88)75(53)22)72(19)61(85)47(33-37(5)6)71(18)59(83)43(76)14/h24,26,30,36-48,50-54,78H,25,27-29,31-35H2,1-23H3,(H,66,79)(H,67,81)(H,68,80)/b26-24+,65-30+/t40-,41?,42+,43-,44-,45+,46+,47+,48+,50+,51+,52+,53+,54-/m1/s1. The number of hydrogen-bond acceptors (Lipinski definition) is 15. The number of aliphatic hydroxyl groups excluding tert-OH is 1. The quantitative estimate of drug-likeness (QED) is 0.0664. The van der Waals surface area contributed by atoms with E-state index in [9.17, 15) is 43.5 Å². The third-order valence-corrected chi connectivity index (χ3v) is 17.4. The van der Waals surface area contributed by atoms with Gasteiger partial charge in [-0.25, -0.2) is 0 Å². The predicted octanol–water partition coefficient (Wildman–Crippen LogP) is 2.50. The van der Waals surface area contributed by atoms with E-state index in [1.807, 2.05) is 27.7 Å². The molecular weight excluding hydrogens is 1160 g/mol. The van der Waals surface area contributed by atoms with E-state index in [-0.39, 0.29) is 50.5 Å². The summed E-state index contributed by atoms with van der Waals surface area (Å²) in [6, 6.07) is -14.4. The number of nitrogens with one attached hydrogen (secondary N) is 3. The first kappa shape index (κ1) is 79.4. The molecule has 2 aliphatic heterocycles. The van der Waals surface area contributed by atoms with E-state index >= 15 is 14.4 Å². The molecule has 4 N–H and O–H groups in total. The molecule has 2 heterocycles. The molecule has 14 atom stereocenters. The molecule has 0 aliphatic carbocycles. The van der Waals surface area contributed by atoms with E-state index in [1.54, 1.807) is 80.7 Å². The van der Waals surface area contributed by atoms with Crippen LogP contribution in [0.25, 0.3) is 0 Å². The largest absolute Gasteiger partial charge is 0.399 e. The molecule has 2 saturated heterocycles. The number of ether oxygens (including phenoxy) is 1. The van der Waals surface area contributed by atoms with Gasteiger partial charge in [-0.2, -0.15) is 0 Å². The first-order valence-electron chi connectivity index (χ1n) is 31.9. The third-order valence-electron chi connectivity index (χ3n) is 17.4. The van der Waals surface area contributed by atoms with Gasteiger partial charge in [-0.05, 0) is 109 Å². The summed E-state index contributed by atoms with van der Waals surface area (Å²) in [6.07, 6.45) is 3.71. The maximum absolute atomic E-state index is 15.5. The molecule has 0 aromatic heterocycles. The van der Waals surface area contributed by atoms with Gasteiger partial charge in [0.15, 0.2) is 0 Å². The number of likely N-dealkylation sites (N-methyl/N-ethyl adjacent to an activating group) is 7. The first-order chi connectivity index (χ1) is 41.9. The van der Waals surface area contributed by atoms with Crippen molar-refractivity contribution >= 4 is 71.2 Å². The number of hydrogen-bond donors (Lipinski definition) is 4. The molecule has 26 nitrogen and oxygen atoms in total. The topological polar surface area (TPSA) is 301 Å². The maximum Gasteiger partial charge on any atom is 0.246 e. The van der Waals surface area contributed by atoms with Crippen LogP contribution in [-0.2, 0) is 62.3 Å². The first-order valence-corrected chi connectivity index (χ1v) is 31.9. The summed E-state index contributed by atoms with van der Waals surface area (Å²) in [5, 5.41) is 24.3. The number of rotatable bonds is 18. The Hall–Kier alpha value is -6.70. The molecule has 2 fully saturated rings. The highest BCUT2D eigenvalue weighted by Crippen LogP contribution is 2.28. The van der Waals surface area contributed by atoms with E-state index in [4.69, 9.17) is 9.57 Å². The van der Waals surface area contributed by atoms with E-state index in [0.29, 0.717) is 12.8 Å². The number of oxime groups is 1. The lowest BCUT2D eigenvalue weighted by Crippen LogP contribution is -2.65. The van der Waals surface area contributed by atoms with Gasteiger partial charge >= 0.3 is 0 Å². The maximum atomic E-state index is 15.5. The molecule has 11 amide bonds. The molecule has 0 radical (unpaired) electrons. The van der Waals surface area contributed by atoms with Crippen LogP contribution >= 0.6 is 0 Å². The van der Waals surface area contributed by atoms with Gasteiger partial charge in [0.05, 0.1) is 18.8 Å². The fourth-order valence-electron chi connectivity index (χ4n) is 11.8. The number of unbranched alkanes of at least 4 members (excludes halogenated alkanes) is 1. The molecule has 90 heavy (non-hydrogen) atoms. The SMILES string of the molecule is C/C=C/C[C@@H](C)[C@@H](O)[C@H]1C(=O)N[C@@H](CC)C(=O)N(C)CC(=O)N(C)[C@@H]([C@@H](C)OCCC/C=N/OC)C(=O)N[C@@H](C(C)C)C(=O)N(C)[C@@H](CC(C)C)C(=O)N[C@@H](C)C(=O)N2C(C)C[C@@H](C(=O)N(C)[C@@H](C(C)C)C(=O)N1C)N(C)C(=O)[C@H](CC(C)C)N(C)C(=O)[C@H]2C. The second kappa shape index (κ2) is 36.4. The van der Waals surface area contributed by atoms with Crippen molar-refractivity contribution in [3.63, 3.8) is 0 Å². The Kier molecular flexibility index (Phi) is 32.1. The number of carbonyl (C=O) groups is 11. The zero-order chi connectivity index (χ0) is 69.1. The lowest BCUT2D eigenvalue weighted by atomic mass is 9.91. The summed E-state index contributed by atoms with van der Waals surface area (Å²) in [5.74, 6) is -10.2. The van der Waals surface area contributed by atoms with Gasteiger partial charge in [0.1, 0.15) is 67.5 Å². The number of aliphatic hydroxyl groups is 1. The average molecular weight is 1270 g/mol. The Balaban J connectivity index is 3.16. The minimum absolute atomic E-state index is 0.0160. The monoisotopic (exact) mass is 1270 g/mol. The molecule has 26 heteroatoms. The lowest BCUT2D eigenvalue weighted by Gasteiger charge is -2.45. The molecule has 1 unspecified atom stereocenters. The molecule has 2 rings (SSSR count). The van der Waals surface area contributed by atoms with Crippen molar-refractivity contribution in [3.8, 4) is 0 Å². The van der Waals surface area contributed by atoms with Gasteiger partial charge in [0.25, 0.3) is 0 Å². The van der Waals surface area contributed by atoms with Crippen LogP contribution in [0.15, 0.2) is 17.3 Å². The van der Waals surface area contributed by atoms with Crippen molar-refractivity contribution in [1.29, 1.82) is 0 Å². The van der Waals surface area contributed by atoms with Crippen molar-refractivity contribution in [2.24, 2.45) is 34.7 Å². The van der Waals surface area contributed by atoms with Crippen molar-refractivity contribution < 1.29 is 67.4 Å². The van der Waals surface area contributed by atoms with Gasteiger partial charge in [-0.3, -0.25) is 52.7 Å². The number of nitrogens with zero attached hydrogens (tertiary/aromatic N) is 9. The summed E-state index contributed by atoms with van der Waals surface area (Å²) < 4.78 is 6.16.